The van der Waals surface area contributed by atoms with E-state index in [9.17, 15) is 8.78 Å². The second-order valence-corrected chi connectivity index (χ2v) is 4.75. The lowest BCUT2D eigenvalue weighted by Gasteiger charge is -2.13. The molecule has 0 radical (unpaired) electrons. The fourth-order valence-corrected chi connectivity index (χ4v) is 2.26. The van der Waals surface area contributed by atoms with Crippen molar-refractivity contribution in [3.05, 3.63) is 63.9 Å². The van der Waals surface area contributed by atoms with E-state index in [2.05, 4.69) is 20.9 Å². The lowest BCUT2D eigenvalue weighted by Crippen LogP contribution is -2.16. The fraction of sp³-hybridized carbons (Fsp3) is 0.154. The Morgan fingerprint density at radius 3 is 2.72 bits per heavy atom. The van der Waals surface area contributed by atoms with E-state index in [4.69, 9.17) is 5.73 Å². The highest BCUT2D eigenvalue weighted by Gasteiger charge is 2.15. The predicted octanol–water partition coefficient (Wildman–Crippen LogP) is 3.36. The molecule has 1 atom stereocenters. The summed E-state index contributed by atoms with van der Waals surface area (Å²) in [6.45, 7) is 0. The molecule has 1 aromatic heterocycles. The third-order valence-electron chi connectivity index (χ3n) is 2.61. The van der Waals surface area contributed by atoms with E-state index in [-0.39, 0.29) is 12.0 Å². The summed E-state index contributed by atoms with van der Waals surface area (Å²) in [7, 11) is 0. The molecule has 2 rings (SSSR count). The molecule has 94 valence electrons. The van der Waals surface area contributed by atoms with Gasteiger partial charge in [0, 0.05) is 10.7 Å². The largest absolute Gasteiger partial charge is 0.322 e. The van der Waals surface area contributed by atoms with Gasteiger partial charge < -0.3 is 5.73 Å². The van der Waals surface area contributed by atoms with Crippen LogP contribution in [0.3, 0.4) is 0 Å². The first-order valence-corrected chi connectivity index (χ1v) is 6.17. The number of nitrogens with two attached hydrogens (primary N) is 1. The van der Waals surface area contributed by atoms with Gasteiger partial charge in [-0.05, 0) is 46.1 Å². The average molecular weight is 313 g/mol. The molecule has 0 amide bonds. The van der Waals surface area contributed by atoms with Crippen molar-refractivity contribution < 1.29 is 8.78 Å². The maximum atomic E-state index is 13.5. The van der Waals surface area contributed by atoms with Crippen molar-refractivity contribution in [1.82, 2.24) is 4.98 Å². The normalized spacial score (nSPS) is 12.4. The molecular weight excluding hydrogens is 302 g/mol. The minimum absolute atomic E-state index is 0.194. The van der Waals surface area contributed by atoms with E-state index in [1.165, 1.54) is 12.1 Å². The summed E-state index contributed by atoms with van der Waals surface area (Å²) in [4.78, 5) is 4.14. The summed E-state index contributed by atoms with van der Waals surface area (Å²) in [5.74, 6) is -1.71. The van der Waals surface area contributed by atoms with Gasteiger partial charge in [0.2, 0.25) is 0 Å². The van der Waals surface area contributed by atoms with Gasteiger partial charge in [-0.3, -0.25) is 4.98 Å². The van der Waals surface area contributed by atoms with Crippen molar-refractivity contribution in [2.45, 2.75) is 12.5 Å². The van der Waals surface area contributed by atoms with Gasteiger partial charge >= 0.3 is 0 Å². The molecule has 1 unspecified atom stereocenters. The van der Waals surface area contributed by atoms with Crippen molar-refractivity contribution in [3.8, 4) is 0 Å². The van der Waals surface area contributed by atoms with Gasteiger partial charge in [0.25, 0.3) is 0 Å². The van der Waals surface area contributed by atoms with Crippen LogP contribution in [0, 0.1) is 11.6 Å². The molecule has 18 heavy (non-hydrogen) atoms. The number of nitrogens with zero attached hydrogens (tertiary/aromatic N) is 1. The second kappa shape index (κ2) is 5.54. The zero-order valence-electron chi connectivity index (χ0n) is 9.41. The van der Waals surface area contributed by atoms with E-state index in [1.807, 2.05) is 6.07 Å². The number of hydrogen-bond donors (Lipinski definition) is 1. The fourth-order valence-electron chi connectivity index (χ4n) is 1.71. The predicted molar refractivity (Wildman–Crippen MR) is 68.9 cm³/mol. The zero-order valence-corrected chi connectivity index (χ0v) is 11.0. The zero-order chi connectivity index (χ0) is 13.1. The topological polar surface area (TPSA) is 38.9 Å². The molecule has 0 aliphatic rings. The van der Waals surface area contributed by atoms with Gasteiger partial charge in [0.05, 0.1) is 11.7 Å². The third kappa shape index (κ3) is 2.73. The molecule has 1 aromatic carbocycles. The first kappa shape index (κ1) is 13.1. The third-order valence-corrected chi connectivity index (χ3v) is 3.28. The first-order valence-electron chi connectivity index (χ1n) is 5.38. The standard InChI is InChI=1S/C13H11BrF2N2/c14-9-4-2-6-18-13(9)11(17)7-8-3-1-5-10(15)12(8)16/h1-6,11H,7,17H2. The molecule has 0 bridgehead atoms. The monoisotopic (exact) mass is 312 g/mol. The summed E-state index contributed by atoms with van der Waals surface area (Å²) in [5.41, 5.74) is 6.84. The Hall–Kier alpha value is -1.33. The van der Waals surface area contributed by atoms with E-state index in [0.29, 0.717) is 5.69 Å². The van der Waals surface area contributed by atoms with Crippen LogP contribution in [0.15, 0.2) is 41.0 Å². The summed E-state index contributed by atoms with van der Waals surface area (Å²) in [6, 6.07) is 7.16. The molecule has 0 saturated heterocycles. The maximum absolute atomic E-state index is 13.5. The minimum Gasteiger partial charge on any atom is -0.322 e. The Morgan fingerprint density at radius 2 is 2.00 bits per heavy atom. The van der Waals surface area contributed by atoms with Gasteiger partial charge in [-0.25, -0.2) is 8.78 Å². The molecule has 1 heterocycles. The molecule has 2 N–H and O–H groups in total. The Kier molecular flexibility index (Phi) is 4.04. The van der Waals surface area contributed by atoms with Crippen LogP contribution in [0.25, 0.3) is 0 Å². The van der Waals surface area contributed by atoms with Gasteiger partial charge in [-0.2, -0.15) is 0 Å². The van der Waals surface area contributed by atoms with Crippen LogP contribution in [0.2, 0.25) is 0 Å². The molecule has 5 heteroatoms. The summed E-state index contributed by atoms with van der Waals surface area (Å²) < 4.78 is 27.3. The molecule has 0 aliphatic heterocycles. The number of benzene rings is 1. The highest BCUT2D eigenvalue weighted by molar-refractivity contribution is 9.10. The lowest BCUT2D eigenvalue weighted by atomic mass is 10.0. The van der Waals surface area contributed by atoms with Crippen molar-refractivity contribution in [3.63, 3.8) is 0 Å². The summed E-state index contributed by atoms with van der Waals surface area (Å²) >= 11 is 3.33. The molecule has 0 aliphatic carbocycles. The van der Waals surface area contributed by atoms with Crippen molar-refractivity contribution in [1.29, 1.82) is 0 Å². The number of aromatic nitrogens is 1. The molecule has 0 fully saturated rings. The summed E-state index contributed by atoms with van der Waals surface area (Å²) in [5, 5.41) is 0. The first-order chi connectivity index (χ1) is 8.59. The van der Waals surface area contributed by atoms with E-state index >= 15 is 0 Å². The maximum Gasteiger partial charge on any atom is 0.162 e. The highest BCUT2D eigenvalue weighted by atomic mass is 79.9. The van der Waals surface area contributed by atoms with Crippen molar-refractivity contribution in [2.24, 2.45) is 5.73 Å². The van der Waals surface area contributed by atoms with Crippen molar-refractivity contribution in [2.75, 3.05) is 0 Å². The quantitative estimate of drug-likeness (QED) is 0.943. The van der Waals surface area contributed by atoms with E-state index in [0.717, 1.165) is 10.5 Å². The second-order valence-electron chi connectivity index (χ2n) is 3.89. The molecule has 0 spiro atoms. The Labute approximate surface area is 112 Å². The van der Waals surface area contributed by atoms with Crippen molar-refractivity contribution >= 4 is 15.9 Å². The van der Waals surface area contributed by atoms with E-state index < -0.39 is 17.7 Å². The molecule has 0 saturated carbocycles. The summed E-state index contributed by atoms with van der Waals surface area (Å²) in [6.07, 6.45) is 1.81. The van der Waals surface area contributed by atoms with Gasteiger partial charge in [0.1, 0.15) is 0 Å². The van der Waals surface area contributed by atoms with Crippen LogP contribution in [-0.2, 0) is 6.42 Å². The Bertz CT molecular complexity index is 560. The van der Waals surface area contributed by atoms with Crippen LogP contribution in [0.1, 0.15) is 17.3 Å². The lowest BCUT2D eigenvalue weighted by molar-refractivity contribution is 0.493. The van der Waals surface area contributed by atoms with E-state index in [1.54, 1.807) is 12.3 Å². The molecule has 2 nitrogen and oxygen atoms in total. The SMILES string of the molecule is NC(Cc1cccc(F)c1F)c1ncccc1Br. The number of pyridine rings is 1. The number of rotatable bonds is 3. The highest BCUT2D eigenvalue weighted by Crippen LogP contribution is 2.23. The smallest absolute Gasteiger partial charge is 0.162 e. The molecular formula is C13H11BrF2N2. The average Bonchev–Trinajstić information content (AvgIpc) is 2.35. The number of hydrogen-bond acceptors (Lipinski definition) is 2. The molecule has 2 aromatic rings. The van der Waals surface area contributed by atoms with Gasteiger partial charge in [-0.15, -0.1) is 0 Å². The van der Waals surface area contributed by atoms with Crippen LogP contribution >= 0.6 is 15.9 Å². The van der Waals surface area contributed by atoms with Crippen LogP contribution in [0.5, 0.6) is 0 Å². The van der Waals surface area contributed by atoms with Crippen LogP contribution < -0.4 is 5.73 Å². The Morgan fingerprint density at radius 1 is 1.22 bits per heavy atom. The number of halogens is 3. The van der Waals surface area contributed by atoms with Crippen LogP contribution in [-0.4, -0.2) is 4.98 Å². The minimum atomic E-state index is -0.861. The van der Waals surface area contributed by atoms with Gasteiger partial charge in [0.15, 0.2) is 11.6 Å². The van der Waals surface area contributed by atoms with Crippen LogP contribution in [0.4, 0.5) is 8.78 Å². The Balaban J connectivity index is 2.24. The van der Waals surface area contributed by atoms with Gasteiger partial charge in [-0.1, -0.05) is 12.1 Å².